The zero-order valence-electron chi connectivity index (χ0n) is 13.7. The van der Waals surface area contributed by atoms with Gasteiger partial charge in [0.1, 0.15) is 4.90 Å². The summed E-state index contributed by atoms with van der Waals surface area (Å²) in [4.78, 5) is 17.9. The Morgan fingerprint density at radius 2 is 2.12 bits per heavy atom. The van der Waals surface area contributed by atoms with E-state index in [0.717, 1.165) is 10.7 Å². The third-order valence-electron chi connectivity index (χ3n) is 4.10. The molecule has 10 heteroatoms. The Balaban J connectivity index is 0.00000264. The summed E-state index contributed by atoms with van der Waals surface area (Å²) >= 11 is 0. The second kappa shape index (κ2) is 8.96. The molecule has 0 radical (unpaired) electrons. The number of nitrogens with two attached hydrogens (primary N) is 1. The maximum absolute atomic E-state index is 12.4. The quantitative estimate of drug-likeness (QED) is 0.788. The first kappa shape index (κ1) is 23.1. The monoisotopic (exact) mass is 398 g/mol. The van der Waals surface area contributed by atoms with Gasteiger partial charge in [0.25, 0.3) is 0 Å². The van der Waals surface area contributed by atoms with E-state index < -0.39 is 10.0 Å². The minimum absolute atomic E-state index is 0. The van der Waals surface area contributed by atoms with Crippen LogP contribution in [0.25, 0.3) is 0 Å². The number of amides is 1. The third kappa shape index (κ3) is 5.03. The van der Waals surface area contributed by atoms with Crippen molar-refractivity contribution in [2.75, 3.05) is 33.2 Å². The molecule has 2 heterocycles. The molecule has 0 saturated carbocycles. The number of rotatable bonds is 5. The summed E-state index contributed by atoms with van der Waals surface area (Å²) < 4.78 is 25.8. The number of nitrogens with zero attached hydrogens (tertiary/aromatic N) is 3. The average molecular weight is 399 g/mol. The van der Waals surface area contributed by atoms with Crippen molar-refractivity contribution in [3.63, 3.8) is 0 Å². The van der Waals surface area contributed by atoms with Crippen molar-refractivity contribution < 1.29 is 13.2 Å². The number of carbonyl (C=O) groups is 1. The number of pyridine rings is 1. The first-order valence-electron chi connectivity index (χ1n) is 7.13. The van der Waals surface area contributed by atoms with Gasteiger partial charge in [0.2, 0.25) is 15.9 Å². The maximum atomic E-state index is 12.4. The first-order valence-corrected chi connectivity index (χ1v) is 8.57. The number of hydrogen-bond donors (Lipinski definition) is 1. The summed E-state index contributed by atoms with van der Waals surface area (Å²) in [7, 11) is -2.30. The summed E-state index contributed by atoms with van der Waals surface area (Å²) in [5, 5.41) is 0. The fourth-order valence-electron chi connectivity index (χ4n) is 2.46. The van der Waals surface area contributed by atoms with Gasteiger partial charge in [-0.15, -0.1) is 24.8 Å². The lowest BCUT2D eigenvalue weighted by Gasteiger charge is -2.24. The van der Waals surface area contributed by atoms with Gasteiger partial charge in [-0.05, 0) is 30.5 Å². The number of halogens is 2. The van der Waals surface area contributed by atoms with Crippen molar-refractivity contribution in [1.29, 1.82) is 0 Å². The molecule has 1 unspecified atom stereocenters. The van der Waals surface area contributed by atoms with Crippen LogP contribution in [0.2, 0.25) is 0 Å². The van der Waals surface area contributed by atoms with Gasteiger partial charge < -0.3 is 10.6 Å². The van der Waals surface area contributed by atoms with E-state index in [1.165, 1.54) is 25.5 Å². The molecule has 1 aliphatic heterocycles. The molecule has 2 rings (SSSR count). The van der Waals surface area contributed by atoms with Gasteiger partial charge in [0.05, 0.1) is 6.54 Å². The van der Waals surface area contributed by atoms with Crippen molar-refractivity contribution >= 4 is 40.7 Å². The van der Waals surface area contributed by atoms with Crippen LogP contribution in [-0.2, 0) is 14.8 Å². The van der Waals surface area contributed by atoms with Crippen LogP contribution in [-0.4, -0.2) is 61.7 Å². The smallest absolute Gasteiger partial charge is 0.244 e. The van der Waals surface area contributed by atoms with Crippen LogP contribution in [0.15, 0.2) is 29.4 Å². The van der Waals surface area contributed by atoms with Crippen LogP contribution in [0.4, 0.5) is 0 Å². The minimum Gasteiger partial charge on any atom is -0.341 e. The average Bonchev–Trinajstić information content (AvgIpc) is 2.91. The Morgan fingerprint density at radius 1 is 1.46 bits per heavy atom. The molecular weight excluding hydrogens is 375 g/mol. The van der Waals surface area contributed by atoms with Gasteiger partial charge in [0, 0.05) is 32.5 Å². The Labute approximate surface area is 155 Å². The second-order valence-electron chi connectivity index (χ2n) is 6.03. The fraction of sp³-hybridized carbons (Fsp3) is 0.571. The lowest BCUT2D eigenvalue weighted by atomic mass is 9.90. The standard InChI is InChI=1S/C14H22N4O3S.2ClH/c1-14(10-15)5-7-18(11-14)13(19)9-17(2)22(20,21)12-4-3-6-16-8-12;;/h3-4,6,8H,5,7,9-11,15H2,1-2H3;2*1H. The highest BCUT2D eigenvalue weighted by Gasteiger charge is 2.36. The van der Waals surface area contributed by atoms with E-state index in [2.05, 4.69) is 4.98 Å². The van der Waals surface area contributed by atoms with E-state index >= 15 is 0 Å². The molecule has 1 aromatic rings. The first-order chi connectivity index (χ1) is 10.3. The molecule has 1 saturated heterocycles. The molecule has 138 valence electrons. The van der Waals surface area contributed by atoms with Gasteiger partial charge in [0.15, 0.2) is 0 Å². The SMILES string of the molecule is CN(CC(=O)N1CCC(C)(CN)C1)S(=O)(=O)c1cccnc1.Cl.Cl. The van der Waals surface area contributed by atoms with Gasteiger partial charge in [-0.25, -0.2) is 8.42 Å². The summed E-state index contributed by atoms with van der Waals surface area (Å²) in [5.74, 6) is -0.202. The van der Waals surface area contributed by atoms with Crippen molar-refractivity contribution in [2.45, 2.75) is 18.2 Å². The summed E-state index contributed by atoms with van der Waals surface area (Å²) in [6.45, 7) is 3.56. The Bertz CT molecular complexity index is 645. The van der Waals surface area contributed by atoms with E-state index in [1.54, 1.807) is 11.0 Å². The fourth-order valence-corrected chi connectivity index (χ4v) is 3.54. The van der Waals surface area contributed by atoms with Crippen LogP contribution < -0.4 is 5.73 Å². The third-order valence-corrected chi connectivity index (χ3v) is 5.89. The second-order valence-corrected chi connectivity index (χ2v) is 8.07. The number of likely N-dealkylation sites (N-methyl/N-ethyl adjacent to an activating group) is 1. The molecule has 1 atom stereocenters. The zero-order valence-corrected chi connectivity index (χ0v) is 16.2. The highest BCUT2D eigenvalue weighted by molar-refractivity contribution is 7.89. The summed E-state index contributed by atoms with van der Waals surface area (Å²) in [5.41, 5.74) is 5.65. The Morgan fingerprint density at radius 3 is 2.62 bits per heavy atom. The minimum atomic E-state index is -3.70. The van der Waals surface area contributed by atoms with Crippen LogP contribution >= 0.6 is 24.8 Å². The van der Waals surface area contributed by atoms with Crippen molar-refractivity contribution in [1.82, 2.24) is 14.2 Å². The van der Waals surface area contributed by atoms with Gasteiger partial charge in [-0.1, -0.05) is 6.92 Å². The largest absolute Gasteiger partial charge is 0.341 e. The van der Waals surface area contributed by atoms with Crippen LogP contribution in [0, 0.1) is 5.41 Å². The van der Waals surface area contributed by atoms with Gasteiger partial charge >= 0.3 is 0 Å². The molecule has 1 amide bonds. The Kier molecular flexibility index (Phi) is 8.61. The number of likely N-dealkylation sites (tertiary alicyclic amines) is 1. The van der Waals surface area contributed by atoms with Crippen molar-refractivity contribution in [2.24, 2.45) is 11.1 Å². The molecule has 1 fully saturated rings. The van der Waals surface area contributed by atoms with Crippen molar-refractivity contribution in [3.8, 4) is 0 Å². The van der Waals surface area contributed by atoms with Crippen LogP contribution in [0.3, 0.4) is 0 Å². The molecule has 7 nitrogen and oxygen atoms in total. The predicted octanol–water partition coefficient (Wildman–Crippen LogP) is 0.743. The van der Waals surface area contributed by atoms with Crippen molar-refractivity contribution in [3.05, 3.63) is 24.5 Å². The molecule has 1 aromatic heterocycles. The topological polar surface area (TPSA) is 96.6 Å². The Hall–Kier alpha value is -0.930. The molecule has 24 heavy (non-hydrogen) atoms. The van der Waals surface area contributed by atoms with E-state index in [1.807, 2.05) is 6.92 Å². The molecule has 1 aliphatic rings. The molecule has 0 aromatic carbocycles. The number of carbonyl (C=O) groups excluding carboxylic acids is 1. The molecule has 2 N–H and O–H groups in total. The van der Waals surface area contributed by atoms with E-state index in [4.69, 9.17) is 5.73 Å². The predicted molar refractivity (Wildman–Crippen MR) is 96.9 cm³/mol. The van der Waals surface area contributed by atoms with E-state index in [9.17, 15) is 13.2 Å². The lowest BCUT2D eigenvalue weighted by molar-refractivity contribution is -0.130. The van der Waals surface area contributed by atoms with Crippen LogP contribution in [0.5, 0.6) is 0 Å². The number of sulfonamides is 1. The normalized spacial score (nSPS) is 20.4. The molecular formula is C14H24Cl2N4O3S. The lowest BCUT2D eigenvalue weighted by Crippen LogP contribution is -2.41. The number of hydrogen-bond acceptors (Lipinski definition) is 5. The summed E-state index contributed by atoms with van der Waals surface area (Å²) in [6, 6.07) is 3.01. The van der Waals surface area contributed by atoms with Gasteiger partial charge in [-0.2, -0.15) is 4.31 Å². The zero-order chi connectivity index (χ0) is 16.4. The van der Waals surface area contributed by atoms with E-state index in [0.29, 0.717) is 19.6 Å². The molecule has 0 aliphatic carbocycles. The molecule has 0 spiro atoms. The van der Waals surface area contributed by atoms with E-state index in [-0.39, 0.29) is 47.6 Å². The highest BCUT2D eigenvalue weighted by atomic mass is 35.5. The number of aromatic nitrogens is 1. The maximum Gasteiger partial charge on any atom is 0.244 e. The highest BCUT2D eigenvalue weighted by Crippen LogP contribution is 2.28. The van der Waals surface area contributed by atoms with Gasteiger partial charge in [-0.3, -0.25) is 9.78 Å². The van der Waals surface area contributed by atoms with Crippen LogP contribution in [0.1, 0.15) is 13.3 Å². The summed E-state index contributed by atoms with van der Waals surface area (Å²) in [6.07, 6.45) is 3.62. The molecule has 0 bridgehead atoms.